The van der Waals surface area contributed by atoms with Gasteiger partial charge in [0, 0.05) is 12.6 Å². The van der Waals surface area contributed by atoms with Gasteiger partial charge in [0.2, 0.25) is 0 Å². The van der Waals surface area contributed by atoms with E-state index in [2.05, 4.69) is 0 Å². The maximum absolute atomic E-state index is 14.0. The van der Waals surface area contributed by atoms with Crippen LogP contribution in [-0.2, 0) is 18.8 Å². The van der Waals surface area contributed by atoms with Gasteiger partial charge in [-0.3, -0.25) is 9.36 Å². The van der Waals surface area contributed by atoms with Crippen molar-refractivity contribution < 1.29 is 41.6 Å². The number of carbonyl (C=O) groups is 1. The Morgan fingerprint density at radius 3 is 2.47 bits per heavy atom. The van der Waals surface area contributed by atoms with Crippen molar-refractivity contribution in [3.63, 3.8) is 0 Å². The fourth-order valence-electron chi connectivity index (χ4n) is 3.71. The summed E-state index contributed by atoms with van der Waals surface area (Å²) in [5.74, 6) is -0.968. The number of carboxylic acid groups (broad SMARTS) is 1. The van der Waals surface area contributed by atoms with E-state index in [0.29, 0.717) is 13.0 Å². The molecule has 0 saturated carbocycles. The molecule has 2 unspecified atom stereocenters. The summed E-state index contributed by atoms with van der Waals surface area (Å²) in [6.45, 7) is 4.46. The molecule has 3 atom stereocenters. The number of allylic oxidation sites excluding steroid dienone is 1. The van der Waals surface area contributed by atoms with Crippen molar-refractivity contribution >= 4 is 13.5 Å². The van der Waals surface area contributed by atoms with Crippen molar-refractivity contribution in [3.05, 3.63) is 42.0 Å². The van der Waals surface area contributed by atoms with Gasteiger partial charge in [0.15, 0.2) is 6.29 Å². The van der Waals surface area contributed by atoms with Crippen LogP contribution in [0.5, 0.6) is 5.75 Å². The van der Waals surface area contributed by atoms with E-state index < -0.39 is 50.2 Å². The lowest BCUT2D eigenvalue weighted by molar-refractivity contribution is -0.169. The number of halogens is 3. The second-order valence-corrected chi connectivity index (χ2v) is 10.7. The van der Waals surface area contributed by atoms with Gasteiger partial charge < -0.3 is 19.1 Å². The van der Waals surface area contributed by atoms with Crippen LogP contribution in [0.1, 0.15) is 46.5 Å². The molecule has 1 heterocycles. The minimum Gasteiger partial charge on any atom is -0.480 e. The Hall–Kier alpha value is -1.87. The molecule has 0 aliphatic carbocycles. The van der Waals surface area contributed by atoms with Gasteiger partial charge in [0.05, 0.1) is 18.3 Å². The lowest BCUT2D eigenvalue weighted by atomic mass is 10.2. The molecular formula is C23H33F3NO6P. The first-order chi connectivity index (χ1) is 15.9. The molecule has 2 rings (SSSR count). The van der Waals surface area contributed by atoms with Gasteiger partial charge in [-0.2, -0.15) is 13.2 Å². The third-order valence-corrected chi connectivity index (χ3v) is 8.19. The summed E-state index contributed by atoms with van der Waals surface area (Å²) in [7, 11) is -3.90. The number of hydrogen-bond donors (Lipinski definition) is 1. The highest BCUT2D eigenvalue weighted by Gasteiger charge is 2.41. The van der Waals surface area contributed by atoms with Crippen molar-refractivity contribution in [1.29, 1.82) is 0 Å². The summed E-state index contributed by atoms with van der Waals surface area (Å²) in [4.78, 5) is 11.7. The van der Waals surface area contributed by atoms with Gasteiger partial charge in [-0.05, 0) is 58.6 Å². The smallest absolute Gasteiger partial charge is 0.414 e. The Morgan fingerprint density at radius 2 is 1.94 bits per heavy atom. The Balaban J connectivity index is 2.24. The van der Waals surface area contributed by atoms with Crippen molar-refractivity contribution in [3.8, 4) is 5.75 Å². The molecule has 1 aliphatic heterocycles. The maximum Gasteiger partial charge on any atom is 0.414 e. The van der Waals surface area contributed by atoms with Gasteiger partial charge in [0.25, 0.3) is 0 Å². The summed E-state index contributed by atoms with van der Waals surface area (Å²) in [5, 5.41) is 9.54. The average Bonchev–Trinajstić information content (AvgIpc) is 2.76. The molecule has 1 N–H and O–H groups in total. The lowest BCUT2D eigenvalue weighted by Crippen LogP contribution is -2.42. The van der Waals surface area contributed by atoms with E-state index in [9.17, 15) is 27.6 Å². The molecule has 1 aromatic carbocycles. The van der Waals surface area contributed by atoms with Crippen LogP contribution in [0.15, 0.2) is 42.0 Å². The second kappa shape index (κ2) is 12.7. The molecule has 1 fully saturated rings. The van der Waals surface area contributed by atoms with E-state index in [4.69, 9.17) is 14.0 Å². The first kappa shape index (κ1) is 28.4. The van der Waals surface area contributed by atoms with Crippen LogP contribution in [0.2, 0.25) is 0 Å². The number of aliphatic carboxylic acids is 1. The third-order valence-electron chi connectivity index (χ3n) is 5.36. The van der Waals surface area contributed by atoms with E-state index in [1.165, 1.54) is 11.6 Å². The number of hydrogen-bond acceptors (Lipinski definition) is 5. The van der Waals surface area contributed by atoms with Crippen molar-refractivity contribution in [2.24, 2.45) is 0 Å². The van der Waals surface area contributed by atoms with Crippen molar-refractivity contribution in [2.75, 3.05) is 19.4 Å². The average molecular weight is 507 g/mol. The normalized spacial score (nSPS) is 20.2. The second-order valence-electron chi connectivity index (χ2n) is 8.38. The van der Waals surface area contributed by atoms with E-state index in [0.717, 1.165) is 18.9 Å². The molecule has 0 amide bonds. The lowest BCUT2D eigenvalue weighted by Gasteiger charge is -2.36. The van der Waals surface area contributed by atoms with E-state index >= 15 is 0 Å². The highest BCUT2D eigenvalue weighted by atomic mass is 31.2. The highest BCUT2D eigenvalue weighted by Crippen LogP contribution is 2.54. The molecule has 0 bridgehead atoms. The van der Waals surface area contributed by atoms with Gasteiger partial charge in [-0.25, -0.2) is 4.67 Å². The Morgan fingerprint density at radius 1 is 1.26 bits per heavy atom. The van der Waals surface area contributed by atoms with Gasteiger partial charge in [0.1, 0.15) is 11.8 Å². The number of rotatable bonds is 12. The fourth-order valence-corrected chi connectivity index (χ4v) is 6.37. The highest BCUT2D eigenvalue weighted by molar-refractivity contribution is 7.57. The molecule has 0 radical (unpaired) electrons. The summed E-state index contributed by atoms with van der Waals surface area (Å²) >= 11 is 0. The molecule has 1 aliphatic rings. The van der Waals surface area contributed by atoms with Crippen LogP contribution in [0.25, 0.3) is 0 Å². The van der Waals surface area contributed by atoms with Crippen LogP contribution >= 0.6 is 7.52 Å². The quantitative estimate of drug-likeness (QED) is 0.280. The minimum absolute atomic E-state index is 0.242. The first-order valence-corrected chi connectivity index (χ1v) is 13.0. The van der Waals surface area contributed by atoms with Gasteiger partial charge in [-0.15, -0.1) is 0 Å². The number of nitrogens with zero attached hydrogens (tertiary/aromatic N) is 1. The van der Waals surface area contributed by atoms with E-state index in [1.54, 1.807) is 44.2 Å². The predicted molar refractivity (Wildman–Crippen MR) is 122 cm³/mol. The third kappa shape index (κ3) is 8.41. The predicted octanol–water partition coefficient (Wildman–Crippen LogP) is 5.86. The van der Waals surface area contributed by atoms with Crippen LogP contribution in [0.4, 0.5) is 13.2 Å². The summed E-state index contributed by atoms with van der Waals surface area (Å²) in [6, 6.07) is 6.49. The topological polar surface area (TPSA) is 85.3 Å². The first-order valence-electron chi connectivity index (χ1n) is 11.3. The molecule has 0 spiro atoms. The zero-order valence-corrected chi connectivity index (χ0v) is 20.6. The standard InChI is InChI=1S/C23H33F3NO6P/c1-17(2)27(18(3)22(28)29)34(30,33-20-11-5-4-6-12-20)15-9-10-19(23(24,25)26)16-32-21-13-7-8-14-31-21/h4-6,10-12,17-18,21H,7-9,13-16H2,1-3H3,(H,28,29)/t18-,21?,34?/m0/s1. The Bertz CT molecular complexity index is 856. The maximum atomic E-state index is 14.0. The SMILES string of the molecule is CC(C)N([C@@H](C)C(=O)O)P(=O)(CCC=C(COC1CCCCO1)C(F)(F)F)Oc1ccccc1. The van der Waals surface area contributed by atoms with Crippen LogP contribution in [0, 0.1) is 0 Å². The largest absolute Gasteiger partial charge is 0.480 e. The van der Waals surface area contributed by atoms with E-state index in [1.807, 2.05) is 0 Å². The zero-order chi connectivity index (χ0) is 25.4. The Labute approximate surface area is 198 Å². The number of carboxylic acids is 1. The summed E-state index contributed by atoms with van der Waals surface area (Å²) in [5.41, 5.74) is -0.907. The van der Waals surface area contributed by atoms with Crippen LogP contribution in [0.3, 0.4) is 0 Å². The summed E-state index contributed by atoms with van der Waals surface area (Å²) in [6.07, 6.45) is -2.73. The summed E-state index contributed by atoms with van der Waals surface area (Å²) < 4.78 is 72.4. The van der Waals surface area contributed by atoms with Crippen LogP contribution in [-0.4, -0.2) is 59.7 Å². The number of benzene rings is 1. The Kier molecular flexibility index (Phi) is 10.6. The van der Waals surface area contributed by atoms with Crippen LogP contribution < -0.4 is 4.52 Å². The minimum atomic E-state index is -4.63. The molecule has 1 saturated heterocycles. The number of ether oxygens (including phenoxy) is 2. The van der Waals surface area contributed by atoms with Crippen molar-refractivity contribution in [1.82, 2.24) is 4.67 Å². The molecule has 34 heavy (non-hydrogen) atoms. The van der Waals surface area contributed by atoms with E-state index in [-0.39, 0.29) is 18.3 Å². The molecule has 7 nitrogen and oxygen atoms in total. The molecule has 192 valence electrons. The van der Waals surface area contributed by atoms with Crippen molar-refractivity contribution in [2.45, 2.75) is 71.0 Å². The monoisotopic (exact) mass is 507 g/mol. The molecule has 1 aromatic rings. The number of para-hydroxylation sites is 1. The molecule has 0 aromatic heterocycles. The molecular weight excluding hydrogens is 474 g/mol. The zero-order valence-electron chi connectivity index (χ0n) is 19.7. The van der Waals surface area contributed by atoms with Gasteiger partial charge in [-0.1, -0.05) is 24.3 Å². The molecule has 11 heteroatoms. The van der Waals surface area contributed by atoms with Gasteiger partial charge >= 0.3 is 19.7 Å². The fraction of sp³-hybridized carbons (Fsp3) is 0.609. The number of alkyl halides is 3.